The number of carbonyl (C=O) groups excluding carboxylic acids is 4. The Bertz CT molecular complexity index is 6350. The van der Waals surface area contributed by atoms with Crippen LogP contribution in [0.4, 0.5) is 22.7 Å². The summed E-state index contributed by atoms with van der Waals surface area (Å²) in [6.07, 6.45) is 2.05. The molecule has 21 rings (SSSR count). The van der Waals surface area contributed by atoms with Gasteiger partial charge in [0.2, 0.25) is 19.5 Å². The van der Waals surface area contributed by atoms with E-state index >= 15 is 0 Å². The molecule has 4 spiro atoms. The minimum Gasteiger partial charge on any atom is -0.497 e. The highest BCUT2D eigenvalue weighted by atomic mass is 35.5. The lowest BCUT2D eigenvalue weighted by Gasteiger charge is -2.23. The van der Waals surface area contributed by atoms with Crippen molar-refractivity contribution in [3.05, 3.63) is 403 Å². The number of benzene rings is 13. The molecule has 25 heteroatoms. The fourth-order valence-electron chi connectivity index (χ4n) is 16.1. The monoisotopic (exact) mass is 1740 g/mol. The van der Waals surface area contributed by atoms with Crippen molar-refractivity contribution in [3.8, 4) is 11.5 Å². The predicted molar refractivity (Wildman–Crippen MR) is 497 cm³/mol. The van der Waals surface area contributed by atoms with Gasteiger partial charge in [0.1, 0.15) is 31.7 Å². The molecular formula is C97H77Cl3N12O6S4. The Morgan fingerprint density at radius 3 is 1.14 bits per heavy atom. The van der Waals surface area contributed by atoms with Gasteiger partial charge in [-0.25, -0.2) is 0 Å². The summed E-state index contributed by atoms with van der Waals surface area (Å²) < 4.78 is 10.5. The molecule has 4 N–H and O–H groups in total. The van der Waals surface area contributed by atoms with Crippen LogP contribution < -0.4 is 50.8 Å². The molecule has 13 aromatic carbocycles. The Morgan fingerprint density at radius 1 is 0.328 bits per heavy atom. The molecule has 0 aliphatic carbocycles. The fourth-order valence-corrected chi connectivity index (χ4v) is 21.6. The number of ether oxygens (including phenoxy) is 2. The van der Waals surface area contributed by atoms with Gasteiger partial charge >= 0.3 is 0 Å². The Kier molecular flexibility index (Phi) is 22.7. The van der Waals surface area contributed by atoms with Gasteiger partial charge in [-0.05, 0) is 130 Å². The molecule has 0 fully saturated rings. The third-order valence-corrected chi connectivity index (χ3v) is 28.5. The molecule has 13 aromatic rings. The number of carbonyl (C=O) groups is 4. The number of methoxy groups -OCH3 is 2. The van der Waals surface area contributed by atoms with Crippen molar-refractivity contribution in [2.24, 2.45) is 20.4 Å². The number of amides is 4. The Hall–Kier alpha value is -12.3. The average molecular weight is 1740 g/mol. The Labute approximate surface area is 737 Å². The number of thioether (sulfide) groups is 4. The lowest BCUT2D eigenvalue weighted by atomic mass is 10.0. The number of nitrogens with zero attached hydrogens (tertiary/aromatic N) is 8. The zero-order valence-corrected chi connectivity index (χ0v) is 71.6. The highest BCUT2D eigenvalue weighted by Gasteiger charge is 2.59. The lowest BCUT2D eigenvalue weighted by Crippen LogP contribution is -2.44. The van der Waals surface area contributed by atoms with E-state index in [0.717, 1.165) is 139 Å². The number of hydrogen-bond donors (Lipinski definition) is 4. The normalized spacial score (nSPS) is 19.6. The largest absolute Gasteiger partial charge is 0.497 e. The number of hydrogen-bond acceptors (Lipinski definition) is 18. The smallest absolute Gasteiger partial charge is 0.270 e. The first kappa shape index (κ1) is 80.8. The van der Waals surface area contributed by atoms with E-state index in [-0.39, 0.29) is 23.6 Å². The summed E-state index contributed by atoms with van der Waals surface area (Å²) in [5.41, 5.74) is 29.0. The summed E-state index contributed by atoms with van der Waals surface area (Å²) in [6, 6.07) is 103. The molecule has 18 nitrogen and oxygen atoms in total. The van der Waals surface area contributed by atoms with Crippen LogP contribution in [0.25, 0.3) is 10.8 Å². The number of para-hydroxylation sites is 3. The van der Waals surface area contributed by atoms with Gasteiger partial charge < -0.3 is 29.1 Å². The first-order valence-corrected chi connectivity index (χ1v) is 43.9. The molecule has 606 valence electrons. The molecule has 122 heavy (non-hydrogen) atoms. The van der Waals surface area contributed by atoms with Crippen LogP contribution in [0.3, 0.4) is 0 Å². The maximum Gasteiger partial charge on any atom is 0.270 e. The van der Waals surface area contributed by atoms with E-state index in [4.69, 9.17) is 44.3 Å². The van der Waals surface area contributed by atoms with E-state index in [9.17, 15) is 19.2 Å². The quantitative estimate of drug-likeness (QED) is 0.0713. The molecule has 4 atom stereocenters. The average Bonchev–Trinajstić information content (AvgIpc) is 1.58. The van der Waals surface area contributed by atoms with E-state index in [2.05, 4.69) is 104 Å². The van der Waals surface area contributed by atoms with E-state index in [0.29, 0.717) is 41.2 Å². The van der Waals surface area contributed by atoms with Crippen LogP contribution in [0.15, 0.2) is 336 Å². The van der Waals surface area contributed by atoms with Crippen molar-refractivity contribution in [1.82, 2.24) is 21.7 Å². The number of hydrazone groups is 4. The van der Waals surface area contributed by atoms with Crippen LogP contribution >= 0.6 is 81.9 Å². The van der Waals surface area contributed by atoms with Gasteiger partial charge in [-0.3, -0.25) is 40.9 Å². The van der Waals surface area contributed by atoms with Gasteiger partial charge in [-0.2, -0.15) is 20.4 Å². The third kappa shape index (κ3) is 14.9. The van der Waals surface area contributed by atoms with Crippen molar-refractivity contribution >= 4 is 159 Å². The molecular weight excluding hydrogens is 1660 g/mol. The molecule has 0 saturated heterocycles. The Balaban J connectivity index is 0.000000111. The summed E-state index contributed by atoms with van der Waals surface area (Å²) in [4.78, 5) is 58.6. The molecule has 4 amide bonds. The van der Waals surface area contributed by atoms with E-state index < -0.39 is 19.5 Å². The van der Waals surface area contributed by atoms with Crippen molar-refractivity contribution in [3.63, 3.8) is 0 Å². The first-order chi connectivity index (χ1) is 59.6. The zero-order chi connectivity index (χ0) is 83.7. The number of nitrogens with one attached hydrogen (secondary N) is 4. The van der Waals surface area contributed by atoms with Crippen LogP contribution in [0.2, 0.25) is 15.1 Å². The third-order valence-electron chi connectivity index (χ3n) is 22.2. The van der Waals surface area contributed by atoms with E-state index in [1.54, 1.807) is 42.2 Å². The molecule has 8 aliphatic heterocycles. The fraction of sp³-hybridized carbons (Fsp3) is 0.134. The number of fused-ring (bicyclic) bond motifs is 9. The molecule has 0 saturated carbocycles. The first-order valence-electron chi connectivity index (χ1n) is 39.5. The van der Waals surface area contributed by atoms with Crippen molar-refractivity contribution < 1.29 is 28.7 Å². The van der Waals surface area contributed by atoms with Crippen LogP contribution in [-0.2, 0) is 71.3 Å². The molecule has 0 bridgehead atoms. The molecule has 8 aliphatic rings. The maximum absolute atomic E-state index is 14.0. The predicted octanol–water partition coefficient (Wildman–Crippen LogP) is 20.4. The van der Waals surface area contributed by atoms with Crippen molar-refractivity contribution in [2.45, 2.75) is 65.4 Å². The number of anilines is 4. The summed E-state index contributed by atoms with van der Waals surface area (Å²) in [7, 11) is 3.29. The zero-order valence-electron chi connectivity index (χ0n) is 66.1. The highest BCUT2D eigenvalue weighted by Crippen LogP contribution is 2.56. The molecule has 0 radical (unpaired) electrons. The van der Waals surface area contributed by atoms with Crippen LogP contribution in [-0.4, -0.2) is 58.0 Å². The summed E-state index contributed by atoms with van der Waals surface area (Å²) in [5, 5.41) is 25.4. The topological polar surface area (TPSA) is 197 Å². The number of halogens is 3. The second kappa shape index (κ2) is 34.3. The van der Waals surface area contributed by atoms with E-state index in [1.165, 1.54) is 58.0 Å². The second-order valence-corrected chi connectivity index (χ2v) is 35.6. The van der Waals surface area contributed by atoms with E-state index in [1.807, 2.05) is 252 Å². The van der Waals surface area contributed by atoms with Gasteiger partial charge in [-0.1, -0.05) is 320 Å². The maximum atomic E-state index is 14.0. The van der Waals surface area contributed by atoms with Crippen LogP contribution in [0, 0.1) is 0 Å². The number of rotatable bonds is 16. The minimum absolute atomic E-state index is 0.00565. The van der Waals surface area contributed by atoms with Gasteiger partial charge in [0.25, 0.3) is 23.6 Å². The summed E-state index contributed by atoms with van der Waals surface area (Å²) in [6.45, 7) is 3.91. The van der Waals surface area contributed by atoms with Crippen LogP contribution in [0.1, 0.15) is 85.7 Å². The van der Waals surface area contributed by atoms with Crippen molar-refractivity contribution in [1.29, 1.82) is 0 Å². The van der Waals surface area contributed by atoms with Crippen LogP contribution in [0.5, 0.6) is 11.5 Å². The summed E-state index contributed by atoms with van der Waals surface area (Å²) in [5.74, 6) is 1.46. The highest BCUT2D eigenvalue weighted by molar-refractivity contribution is 8.17. The molecule has 4 unspecified atom stereocenters. The minimum atomic E-state index is -0.991. The second-order valence-electron chi connectivity index (χ2n) is 29.6. The Morgan fingerprint density at radius 2 is 0.680 bits per heavy atom. The standard InChI is InChI=1S/C27H21N3O2S.C26H25N3O2S.C22H15Cl2N3OS.C22H16ClN3OS/c1-32-21-15-13-19(14-16-21)25-28-29-27(33-25)23-11-4-5-12-24(23)30(26(27)31)17-20-9-6-8-18-7-2-3-10-22(18)20;1-3-7-18-10-15-22-23(16-18)29(17-19-8-5-4-6-9-19)25(30)26(22)28-27-24(32-26)20-11-13-21(31-2)14-12-20;23-17-10-6-11-18(24)15(17)13-27-19-12-5-4-9-16(19)22(21(27)28)26-25-20(29-22)14-7-2-1-3-8-14;23-18-12-6-4-10-16(18)14-26-19-13-7-5-11-17(19)22(21(26)27)25-24-20(28-22)15-8-2-1-3-9-15/h2-16,29H,17H2,1H3;4-6,8-16,28H,3,7,17H2,1-2H3;1-12,26H,13H2;1-13,25H,14H2. The molecule has 0 aromatic heterocycles. The lowest BCUT2D eigenvalue weighted by molar-refractivity contribution is -0.121. The van der Waals surface area contributed by atoms with Crippen molar-refractivity contribution in [2.75, 3.05) is 33.8 Å². The van der Waals surface area contributed by atoms with Gasteiger partial charge in [0, 0.05) is 65.1 Å². The summed E-state index contributed by atoms with van der Waals surface area (Å²) >= 11 is 24.9. The molecule has 8 heterocycles. The number of aryl methyl sites for hydroxylation is 1. The van der Waals surface area contributed by atoms with Gasteiger partial charge in [0.05, 0.1) is 63.1 Å². The van der Waals surface area contributed by atoms with Gasteiger partial charge in [0.15, 0.2) is 0 Å². The SMILES string of the molecule is CCCc1ccc2c(c1)N(Cc1ccccc1)C(=O)C21NN=C(c2ccc(OC)cc2)S1.COc1ccc(C2=NNC3(S2)C(=O)N(Cc2cccc4ccccc24)c2ccccc23)cc1.O=C1N(Cc2c(Cl)cccc2Cl)c2ccccc2C12NN=C(c1ccccc1)S2.O=C1N(Cc2ccccc2Cl)c2ccccc2C12NN=C(c1ccccc1)S2. The van der Waals surface area contributed by atoms with Gasteiger partial charge in [-0.15, -0.1) is 0 Å².